The molecule has 0 saturated heterocycles. The molecule has 0 radical (unpaired) electrons. The van der Waals surface area contributed by atoms with Gasteiger partial charge in [0.1, 0.15) is 30.4 Å². The highest BCUT2D eigenvalue weighted by Crippen LogP contribution is 2.45. The zero-order valence-electron chi connectivity index (χ0n) is 43.0. The van der Waals surface area contributed by atoms with Gasteiger partial charge in [0.15, 0.2) is 17.8 Å². The van der Waals surface area contributed by atoms with Crippen LogP contribution in [0.5, 0.6) is 17.2 Å². The molecule has 6 aromatic carbocycles. The Morgan fingerprint density at radius 3 is 1.40 bits per heavy atom. The van der Waals surface area contributed by atoms with E-state index >= 15 is 0 Å². The molecule has 7 aromatic rings. The Bertz CT molecular complexity index is 2620. The molecule has 2 heterocycles. The average molecular weight is 1010 g/mol. The third kappa shape index (κ3) is 11.9. The van der Waals surface area contributed by atoms with Gasteiger partial charge in [0.05, 0.1) is 4.88 Å². The number of anilines is 1. The Hall–Kier alpha value is -6.02. The smallest absolute Gasteiger partial charge is 0.261 e. The molecule has 0 saturated carbocycles. The van der Waals surface area contributed by atoms with Crippen molar-refractivity contribution in [2.45, 2.75) is 83.9 Å². The fraction of sp³-hybridized carbons (Fsp3) is 0.306. The highest BCUT2D eigenvalue weighted by molar-refractivity contribution is 7.15. The lowest BCUT2D eigenvalue weighted by Gasteiger charge is -2.43. The Balaban J connectivity index is 1.06. The van der Waals surface area contributed by atoms with Crippen LogP contribution in [0, 0.1) is 0 Å². The van der Waals surface area contributed by atoms with Crippen molar-refractivity contribution in [1.29, 1.82) is 0 Å². The maximum atomic E-state index is 12.0. The van der Waals surface area contributed by atoms with E-state index in [0.717, 1.165) is 72.5 Å². The van der Waals surface area contributed by atoms with Gasteiger partial charge in [0.2, 0.25) is 0 Å². The molecule has 7 nitrogen and oxygen atoms in total. The molecule has 1 aromatic heterocycles. The number of thiophene rings is 1. The topological polar surface area (TPSA) is 66.5 Å². The summed E-state index contributed by atoms with van der Waals surface area (Å²) in [5.74, 6) is 1.93. The summed E-state index contributed by atoms with van der Waals surface area (Å²) < 4.78 is 33.3. The van der Waals surface area contributed by atoms with Crippen LogP contribution in [0.2, 0.25) is 10.1 Å². The van der Waals surface area contributed by atoms with Gasteiger partial charge in [-0.05, 0) is 86.4 Å². The number of benzene rings is 6. The quantitative estimate of drug-likeness (QED) is 0.0359. The average Bonchev–Trinajstić information content (AvgIpc) is 3.77. The van der Waals surface area contributed by atoms with Crippen LogP contribution in [-0.2, 0) is 15.5 Å². The minimum absolute atomic E-state index is 0.0922. The normalized spacial score (nSPS) is 13.0. The molecule has 0 spiro atoms. The molecule has 0 fully saturated rings. The predicted molar refractivity (Wildman–Crippen MR) is 305 cm³/mol. The van der Waals surface area contributed by atoms with Crippen molar-refractivity contribution >= 4 is 72.8 Å². The second-order valence-corrected chi connectivity index (χ2v) is 30.3. The first kappa shape index (κ1) is 52.3. The van der Waals surface area contributed by atoms with Gasteiger partial charge < -0.3 is 28.0 Å². The van der Waals surface area contributed by atoms with Crippen molar-refractivity contribution in [3.63, 3.8) is 0 Å². The number of aldehydes is 1. The van der Waals surface area contributed by atoms with Crippen LogP contribution < -0.4 is 39.9 Å². The van der Waals surface area contributed by atoms with Crippen molar-refractivity contribution in [1.82, 2.24) is 0 Å². The number of rotatable bonds is 23. The first-order valence-corrected chi connectivity index (χ1v) is 30.2. The van der Waals surface area contributed by atoms with Crippen LogP contribution in [0.15, 0.2) is 170 Å². The Morgan fingerprint density at radius 2 is 0.972 bits per heavy atom. The molecular weight excluding hydrogens is 943 g/mol. The number of carbonyl (C=O) groups is 1. The number of carbonyl (C=O) groups excluding carboxylic acids is 1. The first-order chi connectivity index (χ1) is 34.9. The van der Waals surface area contributed by atoms with Gasteiger partial charge in [-0.1, -0.05) is 193 Å². The third-order valence-corrected chi connectivity index (χ3v) is 24.8. The minimum atomic E-state index is -2.67. The molecule has 0 aliphatic carbocycles. The standard InChI is InChI=1S/C62H71NO6SSi2/c1-61(2,3)71(52-28-14-8-15-29-52,53-30-16-9-17-31-53)68-42-24-22-40-63(41-23-25-43-69-72(62(4,5)6,54-32-18-10-19-33-54)55-34-20-11-21-35-55)51-38-36-50(56(46-51)67-48-49-26-12-7-13-27-49)37-39-57-59-60(58(47-64)70-57)66-45-44-65-59/h7-21,26-39,46-47H,22-25,40-45,48H2,1-6H3/b39-37+. The van der Waals surface area contributed by atoms with E-state index in [4.69, 9.17) is 23.1 Å². The lowest BCUT2D eigenvalue weighted by atomic mass is 10.1. The van der Waals surface area contributed by atoms with Gasteiger partial charge in [-0.15, -0.1) is 11.3 Å². The van der Waals surface area contributed by atoms with Crippen molar-refractivity contribution in [2.75, 3.05) is 44.4 Å². The van der Waals surface area contributed by atoms with E-state index in [-0.39, 0.29) is 10.1 Å². The molecule has 72 heavy (non-hydrogen) atoms. The molecule has 8 rings (SSSR count). The number of hydrogen-bond acceptors (Lipinski definition) is 8. The monoisotopic (exact) mass is 1010 g/mol. The Kier molecular flexibility index (Phi) is 17.5. The summed E-state index contributed by atoms with van der Waals surface area (Å²) >= 11 is 1.38. The first-order valence-electron chi connectivity index (χ1n) is 25.6. The van der Waals surface area contributed by atoms with E-state index in [1.54, 1.807) is 0 Å². The summed E-state index contributed by atoms with van der Waals surface area (Å²) in [5, 5.41) is 5.01. The predicted octanol–water partition coefficient (Wildman–Crippen LogP) is 12.6. The molecule has 374 valence electrons. The molecular formula is C62H71NO6SSi2. The highest BCUT2D eigenvalue weighted by Gasteiger charge is 2.51. The van der Waals surface area contributed by atoms with Gasteiger partial charge in [-0.2, -0.15) is 0 Å². The van der Waals surface area contributed by atoms with Gasteiger partial charge in [0.25, 0.3) is 16.6 Å². The molecule has 0 atom stereocenters. The summed E-state index contributed by atoms with van der Waals surface area (Å²) in [7, 11) is -5.34. The van der Waals surface area contributed by atoms with E-state index in [2.05, 4.69) is 204 Å². The Morgan fingerprint density at radius 1 is 0.542 bits per heavy atom. The van der Waals surface area contributed by atoms with Gasteiger partial charge in [-0.3, -0.25) is 4.79 Å². The van der Waals surface area contributed by atoms with Crippen molar-refractivity contribution in [3.05, 3.63) is 191 Å². The second-order valence-electron chi connectivity index (χ2n) is 20.6. The van der Waals surface area contributed by atoms with Gasteiger partial charge in [0, 0.05) is 43.6 Å². The number of fused-ring (bicyclic) bond motifs is 1. The molecule has 0 unspecified atom stereocenters. The van der Waals surface area contributed by atoms with Crippen LogP contribution >= 0.6 is 11.3 Å². The van der Waals surface area contributed by atoms with E-state index in [9.17, 15) is 4.79 Å². The van der Waals surface area contributed by atoms with Gasteiger partial charge in [-0.25, -0.2) is 0 Å². The fourth-order valence-electron chi connectivity index (χ4n) is 10.2. The van der Waals surface area contributed by atoms with E-state index < -0.39 is 16.6 Å². The van der Waals surface area contributed by atoms with Crippen LogP contribution in [0.4, 0.5) is 5.69 Å². The second kappa shape index (κ2) is 24.1. The maximum absolute atomic E-state index is 12.0. The number of unbranched alkanes of at least 4 members (excludes halogenated alkanes) is 2. The number of nitrogens with zero attached hydrogens (tertiary/aromatic N) is 1. The minimum Gasteiger partial charge on any atom is -0.488 e. The van der Waals surface area contributed by atoms with E-state index in [0.29, 0.717) is 49.4 Å². The van der Waals surface area contributed by atoms with Crippen molar-refractivity contribution < 1.29 is 27.9 Å². The lowest BCUT2D eigenvalue weighted by molar-refractivity contribution is 0.111. The highest BCUT2D eigenvalue weighted by atomic mass is 32.1. The third-order valence-electron chi connectivity index (χ3n) is 13.7. The summed E-state index contributed by atoms with van der Waals surface area (Å²) in [6, 6.07) is 60.5. The molecule has 0 bridgehead atoms. The molecule has 10 heteroatoms. The molecule has 0 amide bonds. The summed E-state index contributed by atoms with van der Waals surface area (Å²) in [6.07, 6.45) is 8.62. The van der Waals surface area contributed by atoms with E-state index in [1.165, 1.54) is 32.1 Å². The van der Waals surface area contributed by atoms with Crippen molar-refractivity contribution in [2.24, 2.45) is 0 Å². The molecule has 1 aliphatic heterocycles. The summed E-state index contributed by atoms with van der Waals surface area (Å²) in [6.45, 7) is 18.3. The fourth-order valence-corrected chi connectivity index (χ4v) is 20.3. The number of hydrogen-bond donors (Lipinski definition) is 0. The summed E-state index contributed by atoms with van der Waals surface area (Å²) in [4.78, 5) is 15.9. The largest absolute Gasteiger partial charge is 0.488 e. The van der Waals surface area contributed by atoms with E-state index in [1.807, 2.05) is 24.3 Å². The van der Waals surface area contributed by atoms with Crippen LogP contribution in [0.1, 0.15) is 92.9 Å². The van der Waals surface area contributed by atoms with Crippen molar-refractivity contribution in [3.8, 4) is 17.2 Å². The number of ether oxygens (including phenoxy) is 3. The van der Waals surface area contributed by atoms with Gasteiger partial charge >= 0.3 is 0 Å². The van der Waals surface area contributed by atoms with Crippen LogP contribution in [0.25, 0.3) is 12.2 Å². The molecule has 0 N–H and O–H groups in total. The zero-order chi connectivity index (χ0) is 50.4. The summed E-state index contributed by atoms with van der Waals surface area (Å²) in [5.41, 5.74) is 3.12. The Labute approximate surface area is 434 Å². The SMILES string of the molecule is CC(C)(C)[Si](OCCCCN(CCCCO[Si](c1ccccc1)(c1ccccc1)C(C)(C)C)c1ccc(/C=C/c2sc(C=O)c3c2OCCO3)c(OCc2ccccc2)c1)(c1ccccc1)c1ccccc1. The maximum Gasteiger partial charge on any atom is 0.261 e. The van der Waals surface area contributed by atoms with Crippen LogP contribution in [-0.4, -0.2) is 62.4 Å². The lowest BCUT2D eigenvalue weighted by Crippen LogP contribution is -2.66. The van der Waals surface area contributed by atoms with Crippen LogP contribution in [0.3, 0.4) is 0 Å². The molecule has 1 aliphatic rings. The zero-order valence-corrected chi connectivity index (χ0v) is 45.8.